The molecule has 0 aromatic heterocycles. The quantitative estimate of drug-likeness (QED) is 0.831. The van der Waals surface area contributed by atoms with E-state index in [2.05, 4.69) is 11.4 Å². The number of nitrogens with zero attached hydrogens (tertiary/aromatic N) is 2. The minimum Gasteiger partial charge on any atom is -0.354 e. The van der Waals surface area contributed by atoms with Crippen molar-refractivity contribution in [1.82, 2.24) is 5.32 Å². The molecule has 0 radical (unpaired) electrons. The third kappa shape index (κ3) is 2.54. The molecule has 0 aliphatic carbocycles. The first-order valence-corrected chi connectivity index (χ1v) is 6.44. The molecule has 5 nitrogen and oxygen atoms in total. The van der Waals surface area contributed by atoms with Crippen LogP contribution in [0.1, 0.15) is 18.9 Å². The van der Waals surface area contributed by atoms with Crippen LogP contribution in [0.2, 0.25) is 0 Å². The molecule has 1 fully saturated rings. The van der Waals surface area contributed by atoms with Crippen LogP contribution in [0.25, 0.3) is 0 Å². The van der Waals surface area contributed by atoms with Gasteiger partial charge in [-0.25, -0.2) is 0 Å². The lowest BCUT2D eigenvalue weighted by Crippen LogP contribution is -2.60. The molecule has 2 atom stereocenters. The fourth-order valence-electron chi connectivity index (χ4n) is 2.52. The Morgan fingerprint density at radius 2 is 2.26 bits per heavy atom. The van der Waals surface area contributed by atoms with Crippen LogP contribution >= 0.6 is 0 Å². The van der Waals surface area contributed by atoms with E-state index in [0.717, 1.165) is 5.69 Å². The van der Waals surface area contributed by atoms with Gasteiger partial charge in [-0.15, -0.1) is 0 Å². The lowest BCUT2D eigenvalue weighted by atomic mass is 10.0. The number of amides is 1. The van der Waals surface area contributed by atoms with Gasteiger partial charge in [0.25, 0.3) is 0 Å². The third-order valence-corrected chi connectivity index (χ3v) is 3.43. The summed E-state index contributed by atoms with van der Waals surface area (Å²) in [5, 5.41) is 12.1. The molecule has 1 heterocycles. The molecule has 1 aliphatic rings. The van der Waals surface area contributed by atoms with E-state index in [1.54, 1.807) is 6.07 Å². The Labute approximate surface area is 113 Å². The maximum atomic E-state index is 12.0. The summed E-state index contributed by atoms with van der Waals surface area (Å²) in [7, 11) is 0. The van der Waals surface area contributed by atoms with Gasteiger partial charge in [-0.05, 0) is 32.0 Å². The Morgan fingerprint density at radius 1 is 1.53 bits per heavy atom. The monoisotopic (exact) mass is 258 g/mol. The van der Waals surface area contributed by atoms with E-state index in [4.69, 9.17) is 5.73 Å². The van der Waals surface area contributed by atoms with Crippen molar-refractivity contribution in [3.8, 4) is 6.07 Å². The number of anilines is 1. The topological polar surface area (TPSA) is 82.2 Å². The summed E-state index contributed by atoms with van der Waals surface area (Å²) in [6, 6.07) is 9.40. The van der Waals surface area contributed by atoms with Crippen molar-refractivity contribution in [2.24, 2.45) is 5.73 Å². The SMILES string of the molecule is CC1CNC(=O)C(CCN)N1c1ccccc1C#N. The number of nitrogens with one attached hydrogen (secondary N) is 1. The van der Waals surface area contributed by atoms with Crippen LogP contribution in [0.5, 0.6) is 0 Å². The van der Waals surface area contributed by atoms with Gasteiger partial charge in [0, 0.05) is 12.6 Å². The second kappa shape index (κ2) is 5.72. The lowest BCUT2D eigenvalue weighted by molar-refractivity contribution is -0.123. The maximum Gasteiger partial charge on any atom is 0.242 e. The maximum absolute atomic E-state index is 12.0. The molecule has 1 aromatic carbocycles. The third-order valence-electron chi connectivity index (χ3n) is 3.43. The highest BCUT2D eigenvalue weighted by atomic mass is 16.2. The van der Waals surface area contributed by atoms with E-state index in [-0.39, 0.29) is 18.0 Å². The predicted molar refractivity (Wildman–Crippen MR) is 73.6 cm³/mol. The zero-order valence-electron chi connectivity index (χ0n) is 11.0. The zero-order valence-corrected chi connectivity index (χ0v) is 11.0. The van der Waals surface area contributed by atoms with Crippen LogP contribution < -0.4 is 16.0 Å². The molecule has 2 rings (SSSR count). The number of piperazine rings is 1. The molecular formula is C14H18N4O. The van der Waals surface area contributed by atoms with Gasteiger partial charge in [0.15, 0.2) is 0 Å². The minimum atomic E-state index is -0.303. The highest BCUT2D eigenvalue weighted by molar-refractivity contribution is 5.87. The largest absolute Gasteiger partial charge is 0.354 e. The molecule has 2 unspecified atom stereocenters. The van der Waals surface area contributed by atoms with Crippen LogP contribution in [0.15, 0.2) is 24.3 Å². The van der Waals surface area contributed by atoms with E-state index < -0.39 is 0 Å². The van der Waals surface area contributed by atoms with Gasteiger partial charge in [-0.1, -0.05) is 12.1 Å². The van der Waals surface area contributed by atoms with Crippen molar-refractivity contribution < 1.29 is 4.79 Å². The number of nitrogens with two attached hydrogens (primary N) is 1. The van der Waals surface area contributed by atoms with Crippen LogP contribution in [-0.4, -0.2) is 31.1 Å². The number of nitriles is 1. The van der Waals surface area contributed by atoms with E-state index in [0.29, 0.717) is 25.1 Å². The summed E-state index contributed by atoms with van der Waals surface area (Å²) in [6.45, 7) is 3.06. The van der Waals surface area contributed by atoms with Crippen LogP contribution in [0, 0.1) is 11.3 Å². The van der Waals surface area contributed by atoms with Gasteiger partial charge >= 0.3 is 0 Å². The standard InChI is InChI=1S/C14H18N4O/c1-10-9-17-14(19)13(6-7-15)18(10)12-5-3-2-4-11(12)8-16/h2-5,10,13H,6-7,9,15H2,1H3,(H,17,19). The Morgan fingerprint density at radius 3 is 2.95 bits per heavy atom. The number of carbonyl (C=O) groups is 1. The molecule has 1 aromatic rings. The van der Waals surface area contributed by atoms with Crippen molar-refractivity contribution in [2.75, 3.05) is 18.0 Å². The lowest BCUT2D eigenvalue weighted by Gasteiger charge is -2.42. The van der Waals surface area contributed by atoms with Crippen molar-refractivity contribution >= 4 is 11.6 Å². The van der Waals surface area contributed by atoms with Gasteiger partial charge < -0.3 is 16.0 Å². The summed E-state index contributed by atoms with van der Waals surface area (Å²) in [6.07, 6.45) is 0.579. The fraction of sp³-hybridized carbons (Fsp3) is 0.429. The first kappa shape index (κ1) is 13.4. The normalized spacial score (nSPS) is 22.8. The Balaban J connectivity index is 2.42. The van der Waals surface area contributed by atoms with Gasteiger partial charge in [0.1, 0.15) is 12.1 Å². The molecule has 19 heavy (non-hydrogen) atoms. The number of hydrogen-bond acceptors (Lipinski definition) is 4. The number of rotatable bonds is 3. The number of benzene rings is 1. The molecule has 1 aliphatic heterocycles. The summed E-state index contributed by atoms with van der Waals surface area (Å²) in [5.41, 5.74) is 7.01. The molecule has 0 saturated carbocycles. The smallest absolute Gasteiger partial charge is 0.242 e. The molecule has 1 saturated heterocycles. The Hall–Kier alpha value is -2.06. The van der Waals surface area contributed by atoms with Gasteiger partial charge in [-0.2, -0.15) is 5.26 Å². The molecule has 3 N–H and O–H groups in total. The number of para-hydroxylation sites is 1. The Bertz CT molecular complexity index is 508. The van der Waals surface area contributed by atoms with Crippen molar-refractivity contribution in [3.05, 3.63) is 29.8 Å². The molecular weight excluding hydrogens is 240 g/mol. The first-order chi connectivity index (χ1) is 9.19. The Kier molecular flexibility index (Phi) is 4.03. The highest BCUT2D eigenvalue weighted by Crippen LogP contribution is 2.27. The van der Waals surface area contributed by atoms with Crippen molar-refractivity contribution in [1.29, 1.82) is 5.26 Å². The minimum absolute atomic E-state index is 0.0173. The van der Waals surface area contributed by atoms with Gasteiger partial charge in [0.05, 0.1) is 11.3 Å². The van der Waals surface area contributed by atoms with Crippen molar-refractivity contribution in [3.63, 3.8) is 0 Å². The van der Waals surface area contributed by atoms with Crippen molar-refractivity contribution in [2.45, 2.75) is 25.4 Å². The number of carbonyl (C=O) groups excluding carboxylic acids is 1. The van der Waals surface area contributed by atoms with E-state index in [1.165, 1.54) is 0 Å². The molecule has 100 valence electrons. The van der Waals surface area contributed by atoms with E-state index >= 15 is 0 Å². The van der Waals surface area contributed by atoms with Crippen LogP contribution in [0.3, 0.4) is 0 Å². The summed E-state index contributed by atoms with van der Waals surface area (Å²) < 4.78 is 0. The molecule has 0 spiro atoms. The van der Waals surface area contributed by atoms with E-state index in [9.17, 15) is 10.1 Å². The van der Waals surface area contributed by atoms with Crippen LogP contribution in [0.4, 0.5) is 5.69 Å². The summed E-state index contributed by atoms with van der Waals surface area (Å²) in [5.74, 6) is -0.0173. The van der Waals surface area contributed by atoms with Crippen LogP contribution in [-0.2, 0) is 4.79 Å². The molecule has 5 heteroatoms. The predicted octanol–water partition coefficient (Wildman–Crippen LogP) is 0.600. The number of hydrogen-bond donors (Lipinski definition) is 2. The second-order valence-corrected chi connectivity index (χ2v) is 4.72. The fourth-order valence-corrected chi connectivity index (χ4v) is 2.52. The van der Waals surface area contributed by atoms with Gasteiger partial charge in [-0.3, -0.25) is 4.79 Å². The summed E-state index contributed by atoms with van der Waals surface area (Å²) >= 11 is 0. The van der Waals surface area contributed by atoms with E-state index in [1.807, 2.05) is 30.0 Å². The molecule has 0 bridgehead atoms. The second-order valence-electron chi connectivity index (χ2n) is 4.72. The molecule has 1 amide bonds. The average molecular weight is 258 g/mol. The first-order valence-electron chi connectivity index (χ1n) is 6.44. The highest BCUT2D eigenvalue weighted by Gasteiger charge is 2.34. The van der Waals surface area contributed by atoms with Gasteiger partial charge in [0.2, 0.25) is 5.91 Å². The average Bonchev–Trinajstić information content (AvgIpc) is 2.43. The summed E-state index contributed by atoms with van der Waals surface area (Å²) in [4.78, 5) is 14.0. The zero-order chi connectivity index (χ0) is 13.8.